The Kier molecular flexibility index (Phi) is 8.20. The van der Waals surface area contributed by atoms with Gasteiger partial charge in [0, 0.05) is 31.7 Å². The maximum absolute atomic E-state index is 12.8. The van der Waals surface area contributed by atoms with Crippen molar-refractivity contribution in [3.63, 3.8) is 0 Å². The number of nitrogens with one attached hydrogen (secondary N) is 1. The molecular formula is C26H30N2O7. The Hall–Kier alpha value is -3.59. The van der Waals surface area contributed by atoms with E-state index in [4.69, 9.17) is 18.9 Å². The summed E-state index contributed by atoms with van der Waals surface area (Å²) < 4.78 is 22.0. The first kappa shape index (κ1) is 24.5. The third kappa shape index (κ3) is 6.30. The third-order valence-corrected chi connectivity index (χ3v) is 5.99. The molecule has 1 unspecified atom stereocenters. The Morgan fingerprint density at radius 3 is 2.77 bits per heavy atom. The van der Waals surface area contributed by atoms with E-state index in [9.17, 15) is 14.4 Å². The normalized spacial score (nSPS) is 16.9. The van der Waals surface area contributed by atoms with Crippen molar-refractivity contribution in [2.24, 2.45) is 0 Å². The van der Waals surface area contributed by atoms with E-state index in [0.717, 1.165) is 19.4 Å². The zero-order chi connectivity index (χ0) is 24.6. The number of methoxy groups -OCH3 is 1. The first-order valence-corrected chi connectivity index (χ1v) is 11.8. The number of carbonyl (C=O) groups excluding carboxylic acids is 3. The zero-order valence-corrected chi connectivity index (χ0v) is 19.8. The predicted octanol–water partition coefficient (Wildman–Crippen LogP) is 2.76. The molecule has 35 heavy (non-hydrogen) atoms. The number of rotatable bonds is 11. The van der Waals surface area contributed by atoms with Gasteiger partial charge in [0.05, 0.1) is 18.9 Å². The van der Waals surface area contributed by atoms with E-state index in [-0.39, 0.29) is 43.3 Å². The molecule has 9 nitrogen and oxygen atoms in total. The van der Waals surface area contributed by atoms with Crippen LogP contribution >= 0.6 is 0 Å². The molecule has 2 amide bonds. The molecule has 1 fully saturated rings. The first-order chi connectivity index (χ1) is 17.0. The SMILES string of the molecule is COc1ccccc1OCC(=O)c1ccc2c(c1)N(CCCC(=O)NCC1CCCO1)C(=O)CO2. The Bertz CT molecular complexity index is 1070. The van der Waals surface area contributed by atoms with Crippen molar-refractivity contribution in [3.05, 3.63) is 48.0 Å². The van der Waals surface area contributed by atoms with Gasteiger partial charge >= 0.3 is 0 Å². The largest absolute Gasteiger partial charge is 0.493 e. The lowest BCUT2D eigenvalue weighted by molar-refractivity contribution is -0.123. The molecule has 2 aliphatic heterocycles. The Morgan fingerprint density at radius 2 is 2.00 bits per heavy atom. The lowest BCUT2D eigenvalue weighted by Crippen LogP contribution is -2.40. The summed E-state index contributed by atoms with van der Waals surface area (Å²) in [6.07, 6.45) is 2.85. The number of nitrogens with zero attached hydrogens (tertiary/aromatic N) is 1. The van der Waals surface area contributed by atoms with Crippen LogP contribution in [0.15, 0.2) is 42.5 Å². The topological polar surface area (TPSA) is 103 Å². The number of hydrogen-bond donors (Lipinski definition) is 1. The predicted molar refractivity (Wildman–Crippen MR) is 128 cm³/mol. The number of ether oxygens (including phenoxy) is 4. The van der Waals surface area contributed by atoms with Crippen molar-refractivity contribution in [2.45, 2.75) is 31.8 Å². The van der Waals surface area contributed by atoms with E-state index in [0.29, 0.717) is 48.0 Å². The second-order valence-electron chi connectivity index (χ2n) is 8.42. The standard InChI is InChI=1S/C26H30N2O7/c1-32-23-7-2-3-8-24(23)34-16-21(29)18-10-11-22-20(14-18)28(26(31)17-35-22)12-4-9-25(30)27-15-19-6-5-13-33-19/h2-3,7-8,10-11,14,19H,4-6,9,12-13,15-17H2,1H3,(H,27,30). The highest BCUT2D eigenvalue weighted by molar-refractivity contribution is 6.02. The molecule has 0 radical (unpaired) electrons. The number of carbonyl (C=O) groups is 3. The zero-order valence-electron chi connectivity index (χ0n) is 19.8. The lowest BCUT2D eigenvalue weighted by atomic mass is 10.1. The van der Waals surface area contributed by atoms with Crippen LogP contribution in [0, 0.1) is 0 Å². The maximum atomic E-state index is 12.8. The van der Waals surface area contributed by atoms with Gasteiger partial charge in [0.15, 0.2) is 30.5 Å². The monoisotopic (exact) mass is 482 g/mol. The average molecular weight is 483 g/mol. The smallest absolute Gasteiger partial charge is 0.265 e. The summed E-state index contributed by atoms with van der Waals surface area (Å²) in [5, 5.41) is 2.89. The fourth-order valence-electron chi connectivity index (χ4n) is 4.10. The van der Waals surface area contributed by atoms with Crippen molar-refractivity contribution in [2.75, 3.05) is 44.9 Å². The van der Waals surface area contributed by atoms with Crippen LogP contribution in [0.4, 0.5) is 5.69 Å². The number of para-hydroxylation sites is 2. The van der Waals surface area contributed by atoms with Gasteiger partial charge in [0.25, 0.3) is 5.91 Å². The van der Waals surface area contributed by atoms with E-state index in [1.807, 2.05) is 6.07 Å². The summed E-state index contributed by atoms with van der Waals surface area (Å²) in [5.41, 5.74) is 0.917. The molecule has 2 aromatic carbocycles. The van der Waals surface area contributed by atoms with E-state index < -0.39 is 0 Å². The molecular weight excluding hydrogens is 452 g/mol. The molecule has 1 atom stereocenters. The molecule has 0 aliphatic carbocycles. The number of hydrogen-bond acceptors (Lipinski definition) is 7. The molecule has 0 saturated carbocycles. The van der Waals surface area contributed by atoms with Gasteiger partial charge in [-0.25, -0.2) is 0 Å². The summed E-state index contributed by atoms with van der Waals surface area (Å²) in [5.74, 6) is 1.00. The lowest BCUT2D eigenvalue weighted by Gasteiger charge is -2.29. The molecule has 2 aliphatic rings. The number of amides is 2. The summed E-state index contributed by atoms with van der Waals surface area (Å²) in [6.45, 7) is 1.34. The number of fused-ring (bicyclic) bond motifs is 1. The average Bonchev–Trinajstić information content (AvgIpc) is 3.41. The van der Waals surface area contributed by atoms with Gasteiger partial charge in [-0.1, -0.05) is 12.1 Å². The molecule has 4 rings (SSSR count). The molecule has 9 heteroatoms. The minimum Gasteiger partial charge on any atom is -0.493 e. The molecule has 0 spiro atoms. The highest BCUT2D eigenvalue weighted by Crippen LogP contribution is 2.33. The summed E-state index contributed by atoms with van der Waals surface area (Å²) in [7, 11) is 1.53. The summed E-state index contributed by atoms with van der Waals surface area (Å²) in [6, 6.07) is 12.1. The Morgan fingerprint density at radius 1 is 1.17 bits per heavy atom. The minimum absolute atomic E-state index is 0.0705. The quantitative estimate of drug-likeness (QED) is 0.491. The van der Waals surface area contributed by atoms with Crippen LogP contribution in [0.1, 0.15) is 36.0 Å². The minimum atomic E-state index is -0.245. The van der Waals surface area contributed by atoms with Gasteiger partial charge in [0.1, 0.15) is 5.75 Å². The number of anilines is 1. The van der Waals surface area contributed by atoms with Crippen molar-refractivity contribution in [1.29, 1.82) is 0 Å². The highest BCUT2D eigenvalue weighted by atomic mass is 16.5. The molecule has 1 N–H and O–H groups in total. The molecule has 0 aromatic heterocycles. The van der Waals surface area contributed by atoms with Crippen molar-refractivity contribution in [1.82, 2.24) is 5.32 Å². The molecule has 186 valence electrons. The Balaban J connectivity index is 1.34. The van der Waals surface area contributed by atoms with Crippen LogP contribution in [0.2, 0.25) is 0 Å². The highest BCUT2D eigenvalue weighted by Gasteiger charge is 2.27. The van der Waals surface area contributed by atoms with Crippen molar-refractivity contribution >= 4 is 23.3 Å². The third-order valence-electron chi connectivity index (χ3n) is 5.99. The fraction of sp³-hybridized carbons (Fsp3) is 0.423. The fourth-order valence-corrected chi connectivity index (χ4v) is 4.10. The molecule has 0 bridgehead atoms. The van der Waals surface area contributed by atoms with Gasteiger partial charge in [-0.05, 0) is 49.6 Å². The van der Waals surface area contributed by atoms with Crippen LogP contribution < -0.4 is 24.4 Å². The van der Waals surface area contributed by atoms with Crippen LogP contribution in [-0.2, 0) is 14.3 Å². The number of Topliss-reactive ketones (excluding diaryl/α,β-unsaturated/α-hetero) is 1. The molecule has 1 saturated heterocycles. The second kappa shape index (κ2) is 11.7. The van der Waals surface area contributed by atoms with Gasteiger partial charge in [-0.3, -0.25) is 14.4 Å². The second-order valence-corrected chi connectivity index (χ2v) is 8.42. The number of ketones is 1. The van der Waals surface area contributed by atoms with Crippen LogP contribution in [-0.4, -0.2) is 63.7 Å². The van der Waals surface area contributed by atoms with E-state index in [1.165, 1.54) is 7.11 Å². The van der Waals surface area contributed by atoms with Crippen molar-refractivity contribution in [3.8, 4) is 17.2 Å². The van der Waals surface area contributed by atoms with Gasteiger partial charge in [0.2, 0.25) is 5.91 Å². The van der Waals surface area contributed by atoms with Crippen LogP contribution in [0.5, 0.6) is 17.2 Å². The van der Waals surface area contributed by atoms with E-state index >= 15 is 0 Å². The maximum Gasteiger partial charge on any atom is 0.265 e. The van der Waals surface area contributed by atoms with E-state index in [1.54, 1.807) is 41.3 Å². The molecule has 2 heterocycles. The van der Waals surface area contributed by atoms with Gasteiger partial charge in [-0.2, -0.15) is 0 Å². The van der Waals surface area contributed by atoms with Gasteiger partial charge in [-0.15, -0.1) is 0 Å². The molecule has 2 aromatic rings. The van der Waals surface area contributed by atoms with Crippen molar-refractivity contribution < 1.29 is 33.3 Å². The van der Waals surface area contributed by atoms with Gasteiger partial charge < -0.3 is 29.2 Å². The summed E-state index contributed by atoms with van der Waals surface area (Å²) >= 11 is 0. The first-order valence-electron chi connectivity index (χ1n) is 11.8. The van der Waals surface area contributed by atoms with E-state index in [2.05, 4.69) is 5.32 Å². The van der Waals surface area contributed by atoms with Crippen LogP contribution in [0.3, 0.4) is 0 Å². The number of benzene rings is 2. The summed E-state index contributed by atoms with van der Waals surface area (Å²) in [4.78, 5) is 39.1. The Labute approximate surface area is 204 Å². The van der Waals surface area contributed by atoms with Crippen LogP contribution in [0.25, 0.3) is 0 Å².